The largest absolute Gasteiger partial charge is 0.480 e. The third-order valence-corrected chi connectivity index (χ3v) is 2.98. The number of nitrogens with zero attached hydrogens (tertiary/aromatic N) is 1. The Morgan fingerprint density at radius 2 is 2.16 bits per heavy atom. The van der Waals surface area contributed by atoms with Gasteiger partial charge in [0.1, 0.15) is 11.7 Å². The monoisotopic (exact) mass is 330 g/mol. The zero-order valence-electron chi connectivity index (χ0n) is 10.6. The fraction of sp³-hybridized carbons (Fsp3) is 0.417. The van der Waals surface area contributed by atoms with Crippen molar-refractivity contribution in [3.8, 4) is 0 Å². The van der Waals surface area contributed by atoms with E-state index in [0.29, 0.717) is 10.9 Å². The number of aliphatic carboxylic acids is 1. The van der Waals surface area contributed by atoms with Crippen LogP contribution in [-0.4, -0.2) is 22.0 Å². The fourth-order valence-corrected chi connectivity index (χ4v) is 2.02. The molecule has 0 fully saturated rings. The summed E-state index contributed by atoms with van der Waals surface area (Å²) in [6.45, 7) is 3.79. The van der Waals surface area contributed by atoms with Crippen molar-refractivity contribution >= 4 is 33.3 Å². The lowest BCUT2D eigenvalue weighted by Crippen LogP contribution is -2.31. The number of carboxylic acids is 1. The first-order chi connectivity index (χ1) is 8.81. The quantitative estimate of drug-likeness (QED) is 0.616. The molecule has 1 aromatic rings. The van der Waals surface area contributed by atoms with Crippen LogP contribution in [0, 0.1) is 16.0 Å². The highest BCUT2D eigenvalue weighted by Crippen LogP contribution is 2.29. The molecule has 0 heterocycles. The standard InChI is InChI=1S/C12H15BrN2O4/c1-7(2)5-10(12(16)17)14-9-6-8(13)3-4-11(9)15(18)19/h3-4,6-7,10,14H,5H2,1-2H3,(H,16,17). The van der Waals surface area contributed by atoms with Crippen molar-refractivity contribution < 1.29 is 14.8 Å². The average Bonchev–Trinajstić information content (AvgIpc) is 2.26. The minimum Gasteiger partial charge on any atom is -0.480 e. The second kappa shape index (κ2) is 6.51. The third kappa shape index (κ3) is 4.51. The summed E-state index contributed by atoms with van der Waals surface area (Å²) in [7, 11) is 0. The summed E-state index contributed by atoms with van der Waals surface area (Å²) in [6.07, 6.45) is 0.388. The Morgan fingerprint density at radius 3 is 2.63 bits per heavy atom. The molecule has 0 aliphatic rings. The first-order valence-corrected chi connectivity index (χ1v) is 6.54. The van der Waals surface area contributed by atoms with E-state index in [1.807, 2.05) is 13.8 Å². The second-order valence-corrected chi connectivity index (χ2v) is 5.50. The number of benzene rings is 1. The number of hydrogen-bond donors (Lipinski definition) is 2. The minimum absolute atomic E-state index is 0.141. The molecular weight excluding hydrogens is 316 g/mol. The predicted molar refractivity (Wildman–Crippen MR) is 75.3 cm³/mol. The molecule has 0 amide bonds. The van der Waals surface area contributed by atoms with E-state index in [0.717, 1.165) is 0 Å². The number of nitro groups is 1. The molecular formula is C12H15BrN2O4. The average molecular weight is 331 g/mol. The normalized spacial score (nSPS) is 12.2. The lowest BCUT2D eigenvalue weighted by molar-refractivity contribution is -0.384. The molecule has 6 nitrogen and oxygen atoms in total. The highest BCUT2D eigenvalue weighted by molar-refractivity contribution is 9.10. The summed E-state index contributed by atoms with van der Waals surface area (Å²) >= 11 is 3.21. The van der Waals surface area contributed by atoms with Crippen molar-refractivity contribution in [2.45, 2.75) is 26.3 Å². The van der Waals surface area contributed by atoms with Gasteiger partial charge in [0.2, 0.25) is 0 Å². The minimum atomic E-state index is -1.03. The number of rotatable bonds is 6. The molecule has 2 N–H and O–H groups in total. The summed E-state index contributed by atoms with van der Waals surface area (Å²) in [6, 6.07) is 3.53. The number of halogens is 1. The summed E-state index contributed by atoms with van der Waals surface area (Å²) in [5, 5.41) is 22.8. The summed E-state index contributed by atoms with van der Waals surface area (Å²) in [4.78, 5) is 21.5. The van der Waals surface area contributed by atoms with Gasteiger partial charge in [0.15, 0.2) is 0 Å². The zero-order chi connectivity index (χ0) is 14.6. The summed E-state index contributed by atoms with van der Waals surface area (Å²) in [5.41, 5.74) is 0.0608. The second-order valence-electron chi connectivity index (χ2n) is 4.58. The molecule has 1 unspecified atom stereocenters. The maximum Gasteiger partial charge on any atom is 0.326 e. The lowest BCUT2D eigenvalue weighted by Gasteiger charge is -2.17. The van der Waals surface area contributed by atoms with Gasteiger partial charge in [-0.15, -0.1) is 0 Å². The topological polar surface area (TPSA) is 92.5 Å². The number of nitro benzene ring substituents is 1. The smallest absolute Gasteiger partial charge is 0.326 e. The number of carboxylic acid groups (broad SMARTS) is 1. The highest BCUT2D eigenvalue weighted by Gasteiger charge is 2.23. The molecule has 0 aliphatic carbocycles. The van der Waals surface area contributed by atoms with Crippen LogP contribution in [0.5, 0.6) is 0 Å². The summed E-state index contributed by atoms with van der Waals surface area (Å²) in [5.74, 6) is -0.859. The van der Waals surface area contributed by atoms with E-state index in [1.165, 1.54) is 12.1 Å². The number of anilines is 1. The van der Waals surface area contributed by atoms with E-state index in [4.69, 9.17) is 5.11 Å². The molecule has 0 spiro atoms. The van der Waals surface area contributed by atoms with E-state index in [-0.39, 0.29) is 17.3 Å². The van der Waals surface area contributed by atoms with Crippen LogP contribution in [0.4, 0.5) is 11.4 Å². The van der Waals surface area contributed by atoms with Gasteiger partial charge in [0, 0.05) is 10.5 Å². The van der Waals surface area contributed by atoms with Gasteiger partial charge >= 0.3 is 5.97 Å². The molecule has 0 saturated heterocycles. The van der Waals surface area contributed by atoms with Crippen LogP contribution in [0.3, 0.4) is 0 Å². The van der Waals surface area contributed by atoms with Crippen molar-refractivity contribution in [2.75, 3.05) is 5.32 Å². The molecule has 19 heavy (non-hydrogen) atoms. The Labute approximate surface area is 119 Å². The SMILES string of the molecule is CC(C)CC(Nc1cc(Br)ccc1[N+](=O)[O-])C(=O)O. The predicted octanol–water partition coefficient (Wildman–Crippen LogP) is 3.27. The van der Waals surface area contributed by atoms with Crippen molar-refractivity contribution in [1.82, 2.24) is 0 Å². The maximum absolute atomic E-state index is 11.2. The number of hydrogen-bond acceptors (Lipinski definition) is 4. The lowest BCUT2D eigenvalue weighted by atomic mass is 10.0. The fourth-order valence-electron chi connectivity index (χ4n) is 1.66. The van der Waals surface area contributed by atoms with Crippen LogP contribution in [0.15, 0.2) is 22.7 Å². The van der Waals surface area contributed by atoms with Crippen LogP contribution in [0.25, 0.3) is 0 Å². The first kappa shape index (κ1) is 15.4. The van der Waals surface area contributed by atoms with Crippen molar-refractivity contribution in [3.05, 3.63) is 32.8 Å². The van der Waals surface area contributed by atoms with Crippen molar-refractivity contribution in [3.63, 3.8) is 0 Å². The maximum atomic E-state index is 11.2. The Kier molecular flexibility index (Phi) is 5.29. The number of nitrogens with one attached hydrogen (secondary N) is 1. The van der Waals surface area contributed by atoms with Gasteiger partial charge in [-0.05, 0) is 24.5 Å². The van der Waals surface area contributed by atoms with E-state index in [9.17, 15) is 14.9 Å². The van der Waals surface area contributed by atoms with E-state index < -0.39 is 16.9 Å². The molecule has 7 heteroatoms. The third-order valence-electron chi connectivity index (χ3n) is 2.49. The Morgan fingerprint density at radius 1 is 1.53 bits per heavy atom. The van der Waals surface area contributed by atoms with Gasteiger partial charge in [0.05, 0.1) is 4.92 Å². The van der Waals surface area contributed by atoms with Crippen LogP contribution >= 0.6 is 15.9 Å². The summed E-state index contributed by atoms with van der Waals surface area (Å²) < 4.78 is 0.647. The Balaban J connectivity index is 3.04. The Hall–Kier alpha value is -1.63. The first-order valence-electron chi connectivity index (χ1n) is 5.74. The molecule has 0 bridgehead atoms. The number of carbonyl (C=O) groups is 1. The highest BCUT2D eigenvalue weighted by atomic mass is 79.9. The Bertz CT molecular complexity index is 491. The molecule has 0 aliphatic heterocycles. The van der Waals surface area contributed by atoms with E-state index in [1.54, 1.807) is 6.07 Å². The molecule has 1 rings (SSSR count). The van der Waals surface area contributed by atoms with Crippen molar-refractivity contribution in [1.29, 1.82) is 0 Å². The molecule has 104 valence electrons. The van der Waals surface area contributed by atoms with Gasteiger partial charge in [-0.3, -0.25) is 10.1 Å². The van der Waals surface area contributed by atoms with Gasteiger partial charge < -0.3 is 10.4 Å². The van der Waals surface area contributed by atoms with Gasteiger partial charge in [-0.1, -0.05) is 29.8 Å². The molecule has 1 atom stereocenters. The van der Waals surface area contributed by atoms with Gasteiger partial charge in [0.25, 0.3) is 5.69 Å². The molecule has 0 aromatic heterocycles. The van der Waals surface area contributed by atoms with Crippen molar-refractivity contribution in [2.24, 2.45) is 5.92 Å². The van der Waals surface area contributed by atoms with E-state index >= 15 is 0 Å². The molecule has 0 radical (unpaired) electrons. The van der Waals surface area contributed by atoms with E-state index in [2.05, 4.69) is 21.2 Å². The van der Waals surface area contributed by atoms with Gasteiger partial charge in [-0.25, -0.2) is 4.79 Å². The molecule has 0 saturated carbocycles. The van der Waals surface area contributed by atoms with Crippen LogP contribution < -0.4 is 5.32 Å². The zero-order valence-corrected chi connectivity index (χ0v) is 12.2. The molecule has 1 aromatic carbocycles. The van der Waals surface area contributed by atoms with Crippen LogP contribution in [0.1, 0.15) is 20.3 Å². The van der Waals surface area contributed by atoms with Crippen LogP contribution in [-0.2, 0) is 4.79 Å². The van der Waals surface area contributed by atoms with Gasteiger partial charge in [-0.2, -0.15) is 0 Å². The van der Waals surface area contributed by atoms with Crippen LogP contribution in [0.2, 0.25) is 0 Å².